The zero-order valence-electron chi connectivity index (χ0n) is 15.2. The molecule has 144 valence electrons. The van der Waals surface area contributed by atoms with Crippen LogP contribution < -0.4 is 5.73 Å². The highest BCUT2D eigenvalue weighted by Crippen LogP contribution is 2.13. The summed E-state index contributed by atoms with van der Waals surface area (Å²) in [6.45, 7) is 1.42. The molecule has 2 rings (SSSR count). The molecule has 6 heteroatoms. The normalized spacial score (nSPS) is 12.2. The fraction of sp³-hybridized carbons (Fsp3) is 0.286. The second kappa shape index (κ2) is 11.6. The maximum atomic E-state index is 10.9. The largest absolute Gasteiger partial charge is 0.481 e. The van der Waals surface area contributed by atoms with Gasteiger partial charge in [-0.15, -0.1) is 0 Å². The van der Waals surface area contributed by atoms with Gasteiger partial charge in [0.2, 0.25) is 0 Å². The number of ketones is 1. The molecule has 0 unspecified atom stereocenters. The summed E-state index contributed by atoms with van der Waals surface area (Å²) in [5.41, 5.74) is 7.25. The van der Waals surface area contributed by atoms with Gasteiger partial charge >= 0.3 is 11.9 Å². The van der Waals surface area contributed by atoms with E-state index in [1.165, 1.54) is 6.92 Å². The minimum atomic E-state index is -0.959. The molecular weight excluding hydrogens is 346 g/mol. The van der Waals surface area contributed by atoms with Gasteiger partial charge in [-0.2, -0.15) is 0 Å². The van der Waals surface area contributed by atoms with Gasteiger partial charge in [-0.05, 0) is 30.9 Å². The summed E-state index contributed by atoms with van der Waals surface area (Å²) >= 11 is 0. The standard InChI is InChI=1S/C12H14O3.C9H11NO2/c1-9(13)7-11(12(14)15)8-10-5-3-2-4-6-10;10-8(9(11)12)6-7-4-2-1-3-5-7/h2-6,11H,7-8H2,1H3,(H,14,15);1-5,8H,6,10H2,(H,11,12)/t11-;8-/m00/s1. The number of aliphatic carboxylic acids is 2. The first kappa shape index (κ1) is 22.1. The molecular formula is C21H25NO5. The Morgan fingerprint density at radius 3 is 1.63 bits per heavy atom. The van der Waals surface area contributed by atoms with Crippen molar-refractivity contribution in [3.8, 4) is 0 Å². The molecule has 2 aromatic rings. The predicted molar refractivity (Wildman–Crippen MR) is 102 cm³/mol. The maximum Gasteiger partial charge on any atom is 0.320 e. The average molecular weight is 371 g/mol. The van der Waals surface area contributed by atoms with Gasteiger partial charge in [0, 0.05) is 6.42 Å². The van der Waals surface area contributed by atoms with Crippen LogP contribution in [0.25, 0.3) is 0 Å². The summed E-state index contributed by atoms with van der Waals surface area (Å²) in [6, 6.07) is 17.9. The van der Waals surface area contributed by atoms with Crippen molar-refractivity contribution < 1.29 is 24.6 Å². The number of Topliss-reactive ketones (excluding diaryl/α,β-unsaturated/α-hetero) is 1. The molecule has 6 nitrogen and oxygen atoms in total. The number of benzene rings is 2. The Morgan fingerprint density at radius 2 is 1.26 bits per heavy atom. The van der Waals surface area contributed by atoms with E-state index in [2.05, 4.69) is 0 Å². The van der Waals surface area contributed by atoms with Crippen molar-refractivity contribution in [2.75, 3.05) is 0 Å². The molecule has 2 aromatic carbocycles. The molecule has 0 aliphatic rings. The first-order valence-corrected chi connectivity index (χ1v) is 8.58. The van der Waals surface area contributed by atoms with Gasteiger partial charge < -0.3 is 20.7 Å². The van der Waals surface area contributed by atoms with E-state index in [0.29, 0.717) is 12.8 Å². The third-order valence-corrected chi connectivity index (χ3v) is 3.82. The number of nitrogens with two attached hydrogens (primary N) is 1. The second-order valence-electron chi connectivity index (χ2n) is 6.27. The number of carboxylic acid groups (broad SMARTS) is 2. The molecule has 0 radical (unpaired) electrons. The van der Waals surface area contributed by atoms with Crippen LogP contribution in [0.5, 0.6) is 0 Å². The van der Waals surface area contributed by atoms with Crippen molar-refractivity contribution in [2.45, 2.75) is 32.2 Å². The number of hydrogen-bond donors (Lipinski definition) is 3. The monoisotopic (exact) mass is 371 g/mol. The first-order chi connectivity index (χ1) is 12.8. The van der Waals surface area contributed by atoms with Crippen LogP contribution in [-0.4, -0.2) is 34.0 Å². The van der Waals surface area contributed by atoms with Crippen LogP contribution in [0.2, 0.25) is 0 Å². The van der Waals surface area contributed by atoms with Crippen molar-refractivity contribution in [1.29, 1.82) is 0 Å². The van der Waals surface area contributed by atoms with E-state index in [0.717, 1.165) is 11.1 Å². The first-order valence-electron chi connectivity index (χ1n) is 8.58. The van der Waals surface area contributed by atoms with E-state index < -0.39 is 23.9 Å². The summed E-state index contributed by atoms with van der Waals surface area (Å²) in [7, 11) is 0. The Balaban J connectivity index is 0.000000277. The van der Waals surface area contributed by atoms with E-state index in [1.807, 2.05) is 60.7 Å². The third kappa shape index (κ3) is 9.32. The fourth-order valence-corrected chi connectivity index (χ4v) is 2.45. The van der Waals surface area contributed by atoms with Crippen molar-refractivity contribution in [1.82, 2.24) is 0 Å². The summed E-state index contributed by atoms with van der Waals surface area (Å²) < 4.78 is 0. The van der Waals surface area contributed by atoms with Crippen LogP contribution in [0.3, 0.4) is 0 Å². The van der Waals surface area contributed by atoms with Crippen molar-refractivity contribution in [3.05, 3.63) is 71.8 Å². The topological polar surface area (TPSA) is 118 Å². The van der Waals surface area contributed by atoms with Crippen molar-refractivity contribution in [3.63, 3.8) is 0 Å². The molecule has 0 aliphatic heterocycles. The number of carbonyl (C=O) groups excluding carboxylic acids is 1. The summed E-state index contributed by atoms with van der Waals surface area (Å²) in [5, 5.41) is 17.4. The van der Waals surface area contributed by atoms with Crippen molar-refractivity contribution in [2.24, 2.45) is 11.7 Å². The molecule has 4 N–H and O–H groups in total. The zero-order chi connectivity index (χ0) is 20.2. The van der Waals surface area contributed by atoms with Gasteiger partial charge in [-0.25, -0.2) is 0 Å². The zero-order valence-corrected chi connectivity index (χ0v) is 15.2. The van der Waals surface area contributed by atoms with Crippen LogP contribution in [0.15, 0.2) is 60.7 Å². The maximum absolute atomic E-state index is 10.9. The highest BCUT2D eigenvalue weighted by molar-refractivity contribution is 5.82. The Hall–Kier alpha value is -2.99. The lowest BCUT2D eigenvalue weighted by atomic mass is 9.95. The van der Waals surface area contributed by atoms with Gasteiger partial charge in [0.05, 0.1) is 5.92 Å². The lowest BCUT2D eigenvalue weighted by molar-refractivity contribution is -0.143. The Labute approximate surface area is 158 Å². The van der Waals surface area contributed by atoms with E-state index in [4.69, 9.17) is 15.9 Å². The van der Waals surface area contributed by atoms with Gasteiger partial charge in [-0.3, -0.25) is 9.59 Å². The smallest absolute Gasteiger partial charge is 0.320 e. The fourth-order valence-electron chi connectivity index (χ4n) is 2.45. The van der Waals surface area contributed by atoms with Gasteiger partial charge in [0.15, 0.2) is 0 Å². The predicted octanol–water partition coefficient (Wildman–Crippen LogP) is 2.55. The third-order valence-electron chi connectivity index (χ3n) is 3.82. The minimum Gasteiger partial charge on any atom is -0.481 e. The van der Waals surface area contributed by atoms with Crippen LogP contribution in [0, 0.1) is 5.92 Å². The Kier molecular flexibility index (Phi) is 9.47. The average Bonchev–Trinajstić information content (AvgIpc) is 2.63. The molecule has 0 saturated carbocycles. The van der Waals surface area contributed by atoms with Crippen molar-refractivity contribution >= 4 is 17.7 Å². The molecule has 0 heterocycles. The molecule has 2 atom stereocenters. The summed E-state index contributed by atoms with van der Waals surface area (Å²) in [6.07, 6.45) is 0.899. The molecule has 0 amide bonds. The molecule has 0 spiro atoms. The summed E-state index contributed by atoms with van der Waals surface area (Å²) in [4.78, 5) is 32.2. The van der Waals surface area contributed by atoms with E-state index in [9.17, 15) is 14.4 Å². The van der Waals surface area contributed by atoms with E-state index >= 15 is 0 Å². The number of hydrogen-bond acceptors (Lipinski definition) is 4. The molecule has 0 aliphatic carbocycles. The lowest BCUT2D eigenvalue weighted by Crippen LogP contribution is -2.32. The quantitative estimate of drug-likeness (QED) is 0.656. The SMILES string of the molecule is CC(=O)C[C@@H](Cc1ccccc1)C(=O)O.N[C@@H](Cc1ccccc1)C(=O)O. The number of rotatable bonds is 8. The van der Waals surface area contributed by atoms with Gasteiger partial charge in [-0.1, -0.05) is 60.7 Å². The molecule has 0 fully saturated rings. The van der Waals surface area contributed by atoms with Gasteiger partial charge in [0.1, 0.15) is 11.8 Å². The highest BCUT2D eigenvalue weighted by Gasteiger charge is 2.19. The Morgan fingerprint density at radius 1 is 0.815 bits per heavy atom. The number of carbonyl (C=O) groups is 3. The van der Waals surface area contributed by atoms with Gasteiger partial charge in [0.25, 0.3) is 0 Å². The van der Waals surface area contributed by atoms with Crippen LogP contribution in [0.1, 0.15) is 24.5 Å². The summed E-state index contributed by atoms with van der Waals surface area (Å²) in [5.74, 6) is -2.56. The van der Waals surface area contributed by atoms with Crippen LogP contribution in [-0.2, 0) is 27.2 Å². The van der Waals surface area contributed by atoms with Crippen LogP contribution in [0.4, 0.5) is 0 Å². The highest BCUT2D eigenvalue weighted by atomic mass is 16.4. The Bertz CT molecular complexity index is 731. The van der Waals surface area contributed by atoms with E-state index in [1.54, 1.807) is 0 Å². The molecule has 0 aromatic heterocycles. The molecule has 0 bridgehead atoms. The lowest BCUT2D eigenvalue weighted by Gasteiger charge is -2.09. The van der Waals surface area contributed by atoms with Crippen LogP contribution >= 0.6 is 0 Å². The minimum absolute atomic E-state index is 0.0849. The second-order valence-corrected chi connectivity index (χ2v) is 6.27. The molecule has 0 saturated heterocycles. The molecule has 27 heavy (non-hydrogen) atoms. The number of carboxylic acids is 2. The van der Waals surface area contributed by atoms with E-state index in [-0.39, 0.29) is 12.2 Å².